The normalized spacial score (nSPS) is 10.0. The first-order valence-corrected chi connectivity index (χ1v) is 6.67. The van der Waals surface area contributed by atoms with Crippen molar-refractivity contribution >= 4 is 17.2 Å². The van der Waals surface area contributed by atoms with Crippen LogP contribution in [0.2, 0.25) is 0 Å². The van der Waals surface area contributed by atoms with Crippen LogP contribution in [0.4, 0.5) is 5.82 Å². The molecule has 0 amide bonds. The number of nitrogens with zero attached hydrogens (tertiary/aromatic N) is 3. The van der Waals surface area contributed by atoms with Gasteiger partial charge in [0, 0.05) is 30.2 Å². The summed E-state index contributed by atoms with van der Waals surface area (Å²) in [7, 11) is 0. The zero-order valence-corrected chi connectivity index (χ0v) is 11.0. The SMILES string of the molecule is CCc1cnc(CCNc2ccc(C#N)cn2)s1. The van der Waals surface area contributed by atoms with Gasteiger partial charge in [0.15, 0.2) is 0 Å². The fraction of sp³-hybridized carbons (Fsp3) is 0.308. The molecule has 0 spiro atoms. The highest BCUT2D eigenvalue weighted by Gasteiger charge is 2.00. The molecule has 2 heterocycles. The highest BCUT2D eigenvalue weighted by atomic mass is 32.1. The molecule has 0 radical (unpaired) electrons. The average Bonchev–Trinajstić information content (AvgIpc) is 2.87. The lowest BCUT2D eigenvalue weighted by molar-refractivity contribution is 0.986. The van der Waals surface area contributed by atoms with Crippen molar-refractivity contribution in [1.29, 1.82) is 5.26 Å². The van der Waals surface area contributed by atoms with Crippen molar-refractivity contribution in [2.75, 3.05) is 11.9 Å². The number of pyridine rings is 1. The van der Waals surface area contributed by atoms with E-state index < -0.39 is 0 Å². The minimum atomic E-state index is 0.577. The number of hydrogen-bond donors (Lipinski definition) is 1. The molecule has 5 heteroatoms. The molecule has 1 N–H and O–H groups in total. The first-order valence-electron chi connectivity index (χ1n) is 5.85. The first-order chi connectivity index (χ1) is 8.81. The van der Waals surface area contributed by atoms with Gasteiger partial charge in [-0.15, -0.1) is 11.3 Å². The minimum Gasteiger partial charge on any atom is -0.370 e. The van der Waals surface area contributed by atoms with Crippen LogP contribution in [0, 0.1) is 11.3 Å². The summed E-state index contributed by atoms with van der Waals surface area (Å²) in [5, 5.41) is 13.0. The third kappa shape index (κ3) is 3.28. The lowest BCUT2D eigenvalue weighted by Crippen LogP contribution is -2.05. The third-order valence-corrected chi connectivity index (χ3v) is 3.69. The third-order valence-electron chi connectivity index (χ3n) is 2.49. The quantitative estimate of drug-likeness (QED) is 0.895. The number of aryl methyl sites for hydroxylation is 1. The minimum absolute atomic E-state index is 0.577. The molecule has 18 heavy (non-hydrogen) atoms. The van der Waals surface area contributed by atoms with E-state index in [1.165, 1.54) is 4.88 Å². The lowest BCUT2D eigenvalue weighted by atomic mass is 10.3. The van der Waals surface area contributed by atoms with Gasteiger partial charge in [-0.1, -0.05) is 6.92 Å². The van der Waals surface area contributed by atoms with Gasteiger partial charge in [0.1, 0.15) is 11.9 Å². The molecule has 0 atom stereocenters. The molecule has 4 nitrogen and oxygen atoms in total. The second-order valence-electron chi connectivity index (χ2n) is 3.79. The maximum Gasteiger partial charge on any atom is 0.125 e. The molecule has 0 aliphatic rings. The maximum atomic E-state index is 8.66. The Hall–Kier alpha value is -1.93. The second kappa shape index (κ2) is 6.12. The Morgan fingerprint density at radius 3 is 2.83 bits per heavy atom. The van der Waals surface area contributed by atoms with E-state index in [0.29, 0.717) is 5.56 Å². The summed E-state index contributed by atoms with van der Waals surface area (Å²) >= 11 is 1.76. The molecule has 0 bridgehead atoms. The predicted octanol–water partition coefficient (Wildman–Crippen LogP) is 2.63. The summed E-state index contributed by atoms with van der Waals surface area (Å²) in [5.74, 6) is 0.793. The Labute approximate surface area is 110 Å². The van der Waals surface area contributed by atoms with Gasteiger partial charge in [0.25, 0.3) is 0 Å². The number of thiazole rings is 1. The highest BCUT2D eigenvalue weighted by Crippen LogP contribution is 2.14. The number of rotatable bonds is 5. The number of nitriles is 1. The van der Waals surface area contributed by atoms with Crippen LogP contribution in [0.5, 0.6) is 0 Å². The molecule has 0 unspecified atom stereocenters. The van der Waals surface area contributed by atoms with Crippen molar-refractivity contribution in [1.82, 2.24) is 9.97 Å². The van der Waals surface area contributed by atoms with Gasteiger partial charge in [0.05, 0.1) is 10.6 Å². The van der Waals surface area contributed by atoms with Crippen LogP contribution in [0.25, 0.3) is 0 Å². The standard InChI is InChI=1S/C13H14N4S/c1-2-11-9-17-13(18-11)5-6-15-12-4-3-10(7-14)8-16-12/h3-4,8-9H,2,5-6H2,1H3,(H,15,16). The number of hydrogen-bond acceptors (Lipinski definition) is 5. The van der Waals surface area contributed by atoms with Crippen molar-refractivity contribution in [3.63, 3.8) is 0 Å². The van der Waals surface area contributed by atoms with Gasteiger partial charge in [-0.25, -0.2) is 9.97 Å². The van der Waals surface area contributed by atoms with E-state index in [2.05, 4.69) is 22.2 Å². The molecule has 2 aromatic rings. The van der Waals surface area contributed by atoms with E-state index in [9.17, 15) is 0 Å². The van der Waals surface area contributed by atoms with Crippen LogP contribution in [0.15, 0.2) is 24.5 Å². The topological polar surface area (TPSA) is 61.6 Å². The van der Waals surface area contributed by atoms with E-state index in [-0.39, 0.29) is 0 Å². The summed E-state index contributed by atoms with van der Waals surface area (Å²) in [6, 6.07) is 5.62. The lowest BCUT2D eigenvalue weighted by Gasteiger charge is -2.03. The second-order valence-corrected chi connectivity index (χ2v) is 4.99. The van der Waals surface area contributed by atoms with Crippen molar-refractivity contribution in [2.24, 2.45) is 0 Å². The molecule has 0 aromatic carbocycles. The smallest absolute Gasteiger partial charge is 0.125 e. The van der Waals surface area contributed by atoms with Gasteiger partial charge in [-0.05, 0) is 18.6 Å². The van der Waals surface area contributed by atoms with Gasteiger partial charge >= 0.3 is 0 Å². The number of aromatic nitrogens is 2. The van der Waals surface area contributed by atoms with Gasteiger partial charge in [0.2, 0.25) is 0 Å². The maximum absolute atomic E-state index is 8.66. The van der Waals surface area contributed by atoms with E-state index in [1.807, 2.05) is 18.3 Å². The van der Waals surface area contributed by atoms with Crippen LogP contribution in [0.3, 0.4) is 0 Å². The van der Waals surface area contributed by atoms with Gasteiger partial charge in [-0.2, -0.15) is 5.26 Å². The average molecular weight is 258 g/mol. The van der Waals surface area contributed by atoms with Crippen molar-refractivity contribution in [3.8, 4) is 6.07 Å². The fourth-order valence-corrected chi connectivity index (χ4v) is 2.35. The Morgan fingerprint density at radius 1 is 1.33 bits per heavy atom. The molecule has 2 rings (SSSR count). The zero-order chi connectivity index (χ0) is 12.8. The summed E-state index contributed by atoms with van der Waals surface area (Å²) in [5.41, 5.74) is 0.577. The van der Waals surface area contributed by atoms with Crippen LogP contribution >= 0.6 is 11.3 Å². The van der Waals surface area contributed by atoms with Crippen LogP contribution in [-0.2, 0) is 12.8 Å². The summed E-state index contributed by atoms with van der Waals surface area (Å²) in [4.78, 5) is 9.83. The van der Waals surface area contributed by atoms with Crippen molar-refractivity contribution < 1.29 is 0 Å². The molecule has 0 saturated carbocycles. The predicted molar refractivity (Wildman–Crippen MR) is 72.6 cm³/mol. The Morgan fingerprint density at radius 2 is 2.22 bits per heavy atom. The fourth-order valence-electron chi connectivity index (χ4n) is 1.49. The zero-order valence-electron chi connectivity index (χ0n) is 10.2. The van der Waals surface area contributed by atoms with E-state index in [1.54, 1.807) is 23.6 Å². The van der Waals surface area contributed by atoms with E-state index >= 15 is 0 Å². The molecular formula is C13H14N4S. The molecular weight excluding hydrogens is 244 g/mol. The Bertz CT molecular complexity index is 539. The Kier molecular flexibility index (Phi) is 4.26. The van der Waals surface area contributed by atoms with Crippen molar-refractivity contribution in [3.05, 3.63) is 40.0 Å². The molecule has 0 fully saturated rings. The van der Waals surface area contributed by atoms with Crippen LogP contribution < -0.4 is 5.32 Å². The van der Waals surface area contributed by atoms with Crippen molar-refractivity contribution in [2.45, 2.75) is 19.8 Å². The molecule has 0 saturated heterocycles. The number of nitrogens with one attached hydrogen (secondary N) is 1. The summed E-state index contributed by atoms with van der Waals surface area (Å²) in [6.07, 6.45) is 5.45. The van der Waals surface area contributed by atoms with E-state index in [4.69, 9.17) is 5.26 Å². The summed E-state index contributed by atoms with van der Waals surface area (Å²) < 4.78 is 0. The highest BCUT2D eigenvalue weighted by molar-refractivity contribution is 7.11. The first kappa shape index (κ1) is 12.5. The largest absolute Gasteiger partial charge is 0.370 e. The molecule has 0 aliphatic carbocycles. The molecule has 92 valence electrons. The van der Waals surface area contributed by atoms with Gasteiger partial charge < -0.3 is 5.32 Å². The van der Waals surface area contributed by atoms with Gasteiger partial charge in [-0.3, -0.25) is 0 Å². The van der Waals surface area contributed by atoms with Crippen LogP contribution in [0.1, 0.15) is 22.4 Å². The Balaban J connectivity index is 1.82. The number of anilines is 1. The molecule has 2 aromatic heterocycles. The van der Waals surface area contributed by atoms with E-state index in [0.717, 1.165) is 30.2 Å². The summed E-state index contributed by atoms with van der Waals surface area (Å²) in [6.45, 7) is 2.94. The molecule has 0 aliphatic heterocycles. The van der Waals surface area contributed by atoms with Crippen LogP contribution in [-0.4, -0.2) is 16.5 Å². The monoisotopic (exact) mass is 258 g/mol.